The molecule has 0 aliphatic rings. The van der Waals surface area contributed by atoms with E-state index in [0.29, 0.717) is 11.0 Å². The lowest BCUT2D eigenvalue weighted by Crippen LogP contribution is -1.85. The molecule has 4 nitrogen and oxygen atoms in total. The summed E-state index contributed by atoms with van der Waals surface area (Å²) in [5.41, 5.74) is 1.93. The number of rotatable bonds is 1. The van der Waals surface area contributed by atoms with Gasteiger partial charge >= 0.3 is 0 Å². The molecule has 3 rings (SSSR count). The third-order valence-electron chi connectivity index (χ3n) is 2.38. The molecule has 16 heavy (non-hydrogen) atoms. The molecular weight excluding hydrogens is 220 g/mol. The highest BCUT2D eigenvalue weighted by molar-refractivity contribution is 7.80. The SMILES string of the molecule is Sc1nnc(-c2ccnc3ccccc23)[nH]1. The standard InChI is InChI=1S/C11H8N4S/c16-11-13-10(14-15-11)8-5-6-12-9-4-2-1-3-7(8)9/h1-6H,(H2,13,14,15,16). The Balaban J connectivity index is 2.31. The van der Waals surface area contributed by atoms with Crippen LogP contribution < -0.4 is 0 Å². The van der Waals surface area contributed by atoms with E-state index in [9.17, 15) is 0 Å². The summed E-state index contributed by atoms with van der Waals surface area (Å²) in [6, 6.07) is 9.83. The predicted octanol–water partition coefficient (Wildman–Crippen LogP) is 2.31. The molecule has 0 unspecified atom stereocenters. The second kappa shape index (κ2) is 3.61. The largest absolute Gasteiger partial charge is 0.316 e. The van der Waals surface area contributed by atoms with Crippen LogP contribution in [0.1, 0.15) is 0 Å². The predicted molar refractivity (Wildman–Crippen MR) is 64.4 cm³/mol. The first-order valence-corrected chi connectivity index (χ1v) is 5.25. The van der Waals surface area contributed by atoms with Crippen LogP contribution in [-0.4, -0.2) is 20.2 Å². The van der Waals surface area contributed by atoms with Gasteiger partial charge in [0.25, 0.3) is 0 Å². The second-order valence-electron chi connectivity index (χ2n) is 3.37. The van der Waals surface area contributed by atoms with Crippen LogP contribution in [0.5, 0.6) is 0 Å². The number of hydrogen-bond acceptors (Lipinski definition) is 4. The van der Waals surface area contributed by atoms with Crippen molar-refractivity contribution in [1.29, 1.82) is 0 Å². The molecule has 0 radical (unpaired) electrons. The van der Waals surface area contributed by atoms with Gasteiger partial charge in [0.2, 0.25) is 0 Å². The maximum absolute atomic E-state index is 4.29. The molecule has 0 aliphatic carbocycles. The highest BCUT2D eigenvalue weighted by Gasteiger charge is 2.07. The third kappa shape index (κ3) is 1.45. The summed E-state index contributed by atoms with van der Waals surface area (Å²) in [6.07, 6.45) is 1.76. The summed E-state index contributed by atoms with van der Waals surface area (Å²) in [4.78, 5) is 7.29. The molecule has 0 saturated heterocycles. The molecule has 0 amide bonds. The summed E-state index contributed by atoms with van der Waals surface area (Å²) in [5.74, 6) is 0.712. The van der Waals surface area contributed by atoms with Crippen LogP contribution in [0.15, 0.2) is 41.7 Å². The Morgan fingerprint density at radius 2 is 1.94 bits per heavy atom. The lowest BCUT2D eigenvalue weighted by Gasteiger charge is -2.01. The van der Waals surface area contributed by atoms with Gasteiger partial charge in [0.15, 0.2) is 11.0 Å². The molecule has 0 fully saturated rings. The van der Waals surface area contributed by atoms with Crippen molar-refractivity contribution < 1.29 is 0 Å². The number of aromatic amines is 1. The Morgan fingerprint density at radius 3 is 2.75 bits per heavy atom. The van der Waals surface area contributed by atoms with Crippen LogP contribution in [0.2, 0.25) is 0 Å². The molecule has 2 heterocycles. The van der Waals surface area contributed by atoms with Crippen molar-refractivity contribution in [3.05, 3.63) is 36.5 Å². The molecule has 3 aromatic rings. The maximum atomic E-state index is 4.29. The van der Waals surface area contributed by atoms with E-state index in [1.807, 2.05) is 30.3 Å². The van der Waals surface area contributed by atoms with Gasteiger partial charge in [-0.15, -0.1) is 22.8 Å². The zero-order valence-corrected chi connectivity index (χ0v) is 9.15. The van der Waals surface area contributed by atoms with Gasteiger partial charge in [-0.25, -0.2) is 0 Å². The summed E-state index contributed by atoms with van der Waals surface area (Å²) in [5, 5.41) is 9.43. The van der Waals surface area contributed by atoms with Crippen molar-refractivity contribution in [1.82, 2.24) is 20.2 Å². The molecule has 0 saturated carbocycles. The normalized spacial score (nSPS) is 10.8. The molecule has 1 N–H and O–H groups in total. The molecule has 0 atom stereocenters. The molecule has 1 aromatic carbocycles. The van der Waals surface area contributed by atoms with Gasteiger partial charge in [-0.1, -0.05) is 18.2 Å². The fraction of sp³-hybridized carbons (Fsp3) is 0. The van der Waals surface area contributed by atoms with Gasteiger partial charge in [-0.05, 0) is 12.1 Å². The number of nitrogens with zero attached hydrogens (tertiary/aromatic N) is 3. The quantitative estimate of drug-likeness (QED) is 0.628. The van der Waals surface area contributed by atoms with Crippen molar-refractivity contribution in [3.63, 3.8) is 0 Å². The monoisotopic (exact) mass is 228 g/mol. The zero-order valence-electron chi connectivity index (χ0n) is 8.25. The number of thiol groups is 1. The Bertz CT molecular complexity index is 642. The number of para-hydroxylation sites is 1. The van der Waals surface area contributed by atoms with E-state index in [-0.39, 0.29) is 0 Å². The third-order valence-corrected chi connectivity index (χ3v) is 2.58. The van der Waals surface area contributed by atoms with Gasteiger partial charge < -0.3 is 4.98 Å². The number of fused-ring (bicyclic) bond motifs is 1. The molecule has 0 spiro atoms. The number of benzene rings is 1. The van der Waals surface area contributed by atoms with Crippen LogP contribution in [0.25, 0.3) is 22.3 Å². The van der Waals surface area contributed by atoms with Crippen LogP contribution >= 0.6 is 12.6 Å². The lowest BCUT2D eigenvalue weighted by atomic mass is 10.1. The van der Waals surface area contributed by atoms with Gasteiger partial charge in [-0.2, -0.15) is 0 Å². The summed E-state index contributed by atoms with van der Waals surface area (Å²) >= 11 is 4.10. The average molecular weight is 228 g/mol. The average Bonchev–Trinajstić information content (AvgIpc) is 2.75. The molecule has 0 bridgehead atoms. The second-order valence-corrected chi connectivity index (χ2v) is 3.80. The molecule has 5 heteroatoms. The van der Waals surface area contributed by atoms with E-state index in [2.05, 4.69) is 32.8 Å². The van der Waals surface area contributed by atoms with E-state index >= 15 is 0 Å². The van der Waals surface area contributed by atoms with Crippen LogP contribution in [-0.2, 0) is 0 Å². The molecule has 0 aliphatic heterocycles. The van der Waals surface area contributed by atoms with E-state index in [4.69, 9.17) is 0 Å². The van der Waals surface area contributed by atoms with Crippen molar-refractivity contribution in [2.45, 2.75) is 5.16 Å². The van der Waals surface area contributed by atoms with Crippen molar-refractivity contribution in [2.75, 3.05) is 0 Å². The highest BCUT2D eigenvalue weighted by atomic mass is 32.1. The minimum atomic E-state index is 0.510. The van der Waals surface area contributed by atoms with Gasteiger partial charge in [0.1, 0.15) is 0 Å². The number of nitrogens with one attached hydrogen (secondary N) is 1. The van der Waals surface area contributed by atoms with E-state index in [0.717, 1.165) is 16.5 Å². The van der Waals surface area contributed by atoms with Gasteiger partial charge in [-0.3, -0.25) is 4.98 Å². The topological polar surface area (TPSA) is 54.5 Å². The van der Waals surface area contributed by atoms with Crippen molar-refractivity contribution >= 4 is 23.5 Å². The van der Waals surface area contributed by atoms with Crippen molar-refractivity contribution in [2.24, 2.45) is 0 Å². The number of hydrogen-bond donors (Lipinski definition) is 2. The Kier molecular flexibility index (Phi) is 2.11. The number of pyridine rings is 1. The van der Waals surface area contributed by atoms with Crippen LogP contribution in [0.4, 0.5) is 0 Å². The zero-order chi connectivity index (χ0) is 11.0. The molecule has 78 valence electrons. The highest BCUT2D eigenvalue weighted by Crippen LogP contribution is 2.24. The summed E-state index contributed by atoms with van der Waals surface area (Å²) in [6.45, 7) is 0. The minimum Gasteiger partial charge on any atom is -0.316 e. The fourth-order valence-corrected chi connectivity index (χ4v) is 1.83. The van der Waals surface area contributed by atoms with E-state index < -0.39 is 0 Å². The first-order chi connectivity index (χ1) is 7.84. The van der Waals surface area contributed by atoms with E-state index in [1.54, 1.807) is 6.20 Å². The summed E-state index contributed by atoms with van der Waals surface area (Å²) < 4.78 is 0. The van der Waals surface area contributed by atoms with Gasteiger partial charge in [0.05, 0.1) is 5.52 Å². The van der Waals surface area contributed by atoms with Gasteiger partial charge in [0, 0.05) is 17.1 Å². The number of aromatic nitrogens is 4. The Morgan fingerprint density at radius 1 is 1.06 bits per heavy atom. The smallest absolute Gasteiger partial charge is 0.185 e. The lowest BCUT2D eigenvalue weighted by molar-refractivity contribution is 0.980. The Labute approximate surface area is 97.2 Å². The van der Waals surface area contributed by atoms with Crippen molar-refractivity contribution in [3.8, 4) is 11.4 Å². The first kappa shape index (κ1) is 9.35. The van der Waals surface area contributed by atoms with Crippen LogP contribution in [0, 0.1) is 0 Å². The minimum absolute atomic E-state index is 0.510. The molecular formula is C11H8N4S. The molecule has 2 aromatic heterocycles. The fourth-order valence-electron chi connectivity index (χ4n) is 1.68. The Hall–Kier alpha value is -1.88. The maximum Gasteiger partial charge on any atom is 0.185 e. The first-order valence-electron chi connectivity index (χ1n) is 4.80. The van der Waals surface area contributed by atoms with E-state index in [1.165, 1.54) is 0 Å². The number of H-pyrrole nitrogens is 1. The van der Waals surface area contributed by atoms with Crippen LogP contribution in [0.3, 0.4) is 0 Å². The summed E-state index contributed by atoms with van der Waals surface area (Å²) in [7, 11) is 0.